The molecule has 0 atom stereocenters. The fourth-order valence-electron chi connectivity index (χ4n) is 0.551. The van der Waals surface area contributed by atoms with Crippen molar-refractivity contribution < 1.29 is 4.79 Å². The molecule has 0 N–H and O–H groups in total. The highest BCUT2D eigenvalue weighted by Gasteiger charge is 1.97. The molecule has 2 heteroatoms. The summed E-state index contributed by atoms with van der Waals surface area (Å²) in [6.45, 7) is 2.03. The first-order chi connectivity index (χ1) is 4.31. The standard InChI is InChI=1S/C7H11NO/c1-2-3-4-7(9)5-6-8/h2-5H2,1H3. The maximum Gasteiger partial charge on any atom is 0.146 e. The summed E-state index contributed by atoms with van der Waals surface area (Å²) in [6.07, 6.45) is 2.60. The lowest BCUT2D eigenvalue weighted by Crippen LogP contribution is -1.94. The molecule has 0 aromatic heterocycles. The molecular formula is C7H11NO. The molecule has 0 fully saturated rings. The van der Waals surface area contributed by atoms with Crippen LogP contribution in [-0.4, -0.2) is 5.78 Å². The van der Waals surface area contributed by atoms with Crippen LogP contribution in [0.2, 0.25) is 0 Å². The van der Waals surface area contributed by atoms with E-state index in [4.69, 9.17) is 5.26 Å². The Balaban J connectivity index is 3.19. The van der Waals surface area contributed by atoms with Gasteiger partial charge in [0.2, 0.25) is 0 Å². The van der Waals surface area contributed by atoms with Gasteiger partial charge in [0.25, 0.3) is 0 Å². The summed E-state index contributed by atoms with van der Waals surface area (Å²) in [6, 6.07) is 1.83. The first kappa shape index (κ1) is 8.16. The third-order valence-corrected chi connectivity index (χ3v) is 1.09. The average molecular weight is 125 g/mol. The SMILES string of the molecule is CCCCC(=O)CC#N. The van der Waals surface area contributed by atoms with E-state index in [1.54, 1.807) is 0 Å². The van der Waals surface area contributed by atoms with E-state index < -0.39 is 0 Å². The highest BCUT2D eigenvalue weighted by atomic mass is 16.1. The van der Waals surface area contributed by atoms with Crippen LogP contribution < -0.4 is 0 Å². The van der Waals surface area contributed by atoms with Gasteiger partial charge in [-0.3, -0.25) is 4.79 Å². The molecule has 0 unspecified atom stereocenters. The highest BCUT2D eigenvalue weighted by Crippen LogP contribution is 1.96. The van der Waals surface area contributed by atoms with Crippen LogP contribution in [0.4, 0.5) is 0 Å². The number of ketones is 1. The molecule has 0 spiro atoms. The average Bonchev–Trinajstić information content (AvgIpc) is 1.85. The van der Waals surface area contributed by atoms with Crippen molar-refractivity contribution in [1.82, 2.24) is 0 Å². The Morgan fingerprint density at radius 1 is 1.67 bits per heavy atom. The molecule has 0 saturated heterocycles. The zero-order chi connectivity index (χ0) is 7.11. The molecular weight excluding hydrogens is 114 g/mol. The van der Waals surface area contributed by atoms with Crippen LogP contribution in [0.1, 0.15) is 32.6 Å². The molecule has 0 bridgehead atoms. The summed E-state index contributed by atoms with van der Waals surface area (Å²) in [4.78, 5) is 10.6. The Morgan fingerprint density at radius 3 is 2.78 bits per heavy atom. The van der Waals surface area contributed by atoms with Crippen LogP contribution in [0.5, 0.6) is 0 Å². The summed E-state index contributed by atoms with van der Waals surface area (Å²) >= 11 is 0. The lowest BCUT2D eigenvalue weighted by molar-refractivity contribution is -0.118. The van der Waals surface area contributed by atoms with Crippen molar-refractivity contribution in [2.24, 2.45) is 0 Å². The Hall–Kier alpha value is -0.840. The second-order valence-corrected chi connectivity index (χ2v) is 1.98. The molecule has 0 aliphatic carbocycles. The zero-order valence-corrected chi connectivity index (χ0v) is 5.68. The van der Waals surface area contributed by atoms with E-state index in [-0.39, 0.29) is 12.2 Å². The van der Waals surface area contributed by atoms with E-state index >= 15 is 0 Å². The Kier molecular flexibility index (Phi) is 4.81. The molecule has 0 radical (unpaired) electrons. The van der Waals surface area contributed by atoms with Crippen LogP contribution in [-0.2, 0) is 4.79 Å². The topological polar surface area (TPSA) is 40.9 Å². The number of hydrogen-bond donors (Lipinski definition) is 0. The minimum Gasteiger partial charge on any atom is -0.299 e. The van der Waals surface area contributed by atoms with Crippen LogP contribution in [0.25, 0.3) is 0 Å². The van der Waals surface area contributed by atoms with Crippen molar-refractivity contribution in [2.45, 2.75) is 32.6 Å². The maximum atomic E-state index is 10.6. The number of rotatable bonds is 4. The lowest BCUT2D eigenvalue weighted by Gasteiger charge is -1.89. The van der Waals surface area contributed by atoms with Gasteiger partial charge in [0.15, 0.2) is 0 Å². The predicted octanol–water partition coefficient (Wildman–Crippen LogP) is 1.66. The van der Waals surface area contributed by atoms with Gasteiger partial charge in [0, 0.05) is 6.42 Å². The second kappa shape index (κ2) is 5.30. The molecule has 0 aromatic carbocycles. The molecule has 0 aromatic rings. The van der Waals surface area contributed by atoms with Gasteiger partial charge >= 0.3 is 0 Å². The summed E-state index contributed by atoms with van der Waals surface area (Å²) in [7, 11) is 0. The van der Waals surface area contributed by atoms with Gasteiger partial charge in [0.05, 0.1) is 12.5 Å². The van der Waals surface area contributed by atoms with Crippen LogP contribution in [0, 0.1) is 11.3 Å². The van der Waals surface area contributed by atoms with E-state index in [2.05, 4.69) is 0 Å². The third kappa shape index (κ3) is 5.02. The largest absolute Gasteiger partial charge is 0.299 e. The zero-order valence-electron chi connectivity index (χ0n) is 5.68. The predicted molar refractivity (Wildman–Crippen MR) is 34.8 cm³/mol. The molecule has 2 nitrogen and oxygen atoms in total. The van der Waals surface area contributed by atoms with Crippen molar-refractivity contribution >= 4 is 5.78 Å². The number of nitrogens with zero attached hydrogens (tertiary/aromatic N) is 1. The number of carbonyl (C=O) groups excluding carboxylic acids is 1. The van der Waals surface area contributed by atoms with Crippen molar-refractivity contribution in [3.63, 3.8) is 0 Å². The van der Waals surface area contributed by atoms with Crippen LogP contribution in [0.15, 0.2) is 0 Å². The number of nitriles is 1. The van der Waals surface area contributed by atoms with Gasteiger partial charge in [-0.25, -0.2) is 0 Å². The van der Waals surface area contributed by atoms with Crippen LogP contribution in [0.3, 0.4) is 0 Å². The van der Waals surface area contributed by atoms with Crippen molar-refractivity contribution in [2.75, 3.05) is 0 Å². The second-order valence-electron chi connectivity index (χ2n) is 1.98. The maximum absolute atomic E-state index is 10.6. The first-order valence-corrected chi connectivity index (χ1v) is 3.20. The number of Topliss-reactive ketones (excluding diaryl/α,β-unsaturated/α-hetero) is 1. The summed E-state index contributed by atoms with van der Waals surface area (Å²) < 4.78 is 0. The monoisotopic (exact) mass is 125 g/mol. The van der Waals surface area contributed by atoms with Crippen molar-refractivity contribution in [3.05, 3.63) is 0 Å². The van der Waals surface area contributed by atoms with E-state index in [0.717, 1.165) is 12.8 Å². The molecule has 9 heavy (non-hydrogen) atoms. The minimum absolute atomic E-state index is 0.0688. The van der Waals surface area contributed by atoms with E-state index in [1.165, 1.54) is 0 Å². The fraction of sp³-hybridized carbons (Fsp3) is 0.714. The van der Waals surface area contributed by atoms with E-state index in [1.807, 2.05) is 13.0 Å². The number of unbranched alkanes of at least 4 members (excludes halogenated alkanes) is 1. The van der Waals surface area contributed by atoms with E-state index in [0.29, 0.717) is 6.42 Å². The summed E-state index contributed by atoms with van der Waals surface area (Å²) in [5.74, 6) is 0.0688. The van der Waals surface area contributed by atoms with Crippen molar-refractivity contribution in [3.8, 4) is 6.07 Å². The van der Waals surface area contributed by atoms with Gasteiger partial charge in [-0.1, -0.05) is 13.3 Å². The van der Waals surface area contributed by atoms with Gasteiger partial charge in [-0.2, -0.15) is 5.26 Å². The Morgan fingerprint density at radius 2 is 2.33 bits per heavy atom. The third-order valence-electron chi connectivity index (χ3n) is 1.09. The molecule has 0 amide bonds. The quantitative estimate of drug-likeness (QED) is 0.573. The molecule has 0 heterocycles. The number of hydrogen-bond acceptors (Lipinski definition) is 2. The molecule has 0 aliphatic rings. The lowest BCUT2D eigenvalue weighted by atomic mass is 10.1. The van der Waals surface area contributed by atoms with Gasteiger partial charge in [-0.05, 0) is 6.42 Å². The smallest absolute Gasteiger partial charge is 0.146 e. The van der Waals surface area contributed by atoms with Crippen LogP contribution >= 0.6 is 0 Å². The summed E-state index contributed by atoms with van der Waals surface area (Å²) in [5.41, 5.74) is 0. The van der Waals surface area contributed by atoms with Gasteiger partial charge in [0.1, 0.15) is 5.78 Å². The normalized spacial score (nSPS) is 8.44. The first-order valence-electron chi connectivity index (χ1n) is 3.20. The summed E-state index contributed by atoms with van der Waals surface area (Å²) in [5, 5.41) is 8.07. The van der Waals surface area contributed by atoms with Gasteiger partial charge < -0.3 is 0 Å². The minimum atomic E-state index is 0.0688. The molecule has 50 valence electrons. The molecule has 0 rings (SSSR count). The van der Waals surface area contributed by atoms with Crippen molar-refractivity contribution in [1.29, 1.82) is 5.26 Å². The number of carbonyl (C=O) groups is 1. The molecule has 0 aliphatic heterocycles. The van der Waals surface area contributed by atoms with Gasteiger partial charge in [-0.15, -0.1) is 0 Å². The molecule has 0 saturated carbocycles. The Bertz CT molecular complexity index is 123. The Labute approximate surface area is 55.5 Å². The van der Waals surface area contributed by atoms with E-state index in [9.17, 15) is 4.79 Å². The fourth-order valence-corrected chi connectivity index (χ4v) is 0.551. The highest BCUT2D eigenvalue weighted by molar-refractivity contribution is 5.80.